The Bertz CT molecular complexity index is 798. The lowest BCUT2D eigenvalue weighted by Crippen LogP contribution is -2.48. The first kappa shape index (κ1) is 24.6. The van der Waals surface area contributed by atoms with E-state index in [0.717, 1.165) is 44.3 Å². The SMILES string of the molecule is CN=C(NCCc1nc(C(C)C)no1)NC1CCN(Cc2ccccc2C)CC1.I. The number of likely N-dealkylation sites (tertiary alicyclic amines) is 1. The van der Waals surface area contributed by atoms with E-state index in [2.05, 4.69) is 75.7 Å². The van der Waals surface area contributed by atoms with Crippen LogP contribution in [0.15, 0.2) is 33.8 Å². The third-order valence-electron chi connectivity index (χ3n) is 5.44. The summed E-state index contributed by atoms with van der Waals surface area (Å²) in [4.78, 5) is 11.3. The molecular formula is C22H35IN6O. The molecule has 2 heterocycles. The summed E-state index contributed by atoms with van der Waals surface area (Å²) in [5, 5.41) is 10.9. The number of piperidine rings is 1. The number of aryl methyl sites for hydroxylation is 1. The fraction of sp³-hybridized carbons (Fsp3) is 0.591. The van der Waals surface area contributed by atoms with Crippen LogP contribution >= 0.6 is 24.0 Å². The van der Waals surface area contributed by atoms with Crippen molar-refractivity contribution in [3.8, 4) is 0 Å². The lowest BCUT2D eigenvalue weighted by Gasteiger charge is -2.33. The molecule has 0 atom stereocenters. The first-order chi connectivity index (χ1) is 14.0. The maximum atomic E-state index is 5.29. The number of nitrogens with zero attached hydrogens (tertiary/aromatic N) is 4. The van der Waals surface area contributed by atoms with Gasteiger partial charge in [0.05, 0.1) is 0 Å². The van der Waals surface area contributed by atoms with E-state index in [-0.39, 0.29) is 29.9 Å². The molecule has 0 amide bonds. The second-order valence-corrected chi connectivity index (χ2v) is 8.07. The zero-order valence-electron chi connectivity index (χ0n) is 18.5. The largest absolute Gasteiger partial charge is 0.356 e. The van der Waals surface area contributed by atoms with Crippen LogP contribution in [0.1, 0.15) is 55.4 Å². The van der Waals surface area contributed by atoms with Crippen molar-refractivity contribution < 1.29 is 4.52 Å². The molecule has 0 spiro atoms. The molecular weight excluding hydrogens is 491 g/mol. The van der Waals surface area contributed by atoms with Crippen LogP contribution < -0.4 is 10.6 Å². The van der Waals surface area contributed by atoms with Gasteiger partial charge in [0.25, 0.3) is 0 Å². The quantitative estimate of drug-likeness (QED) is 0.327. The van der Waals surface area contributed by atoms with Gasteiger partial charge in [-0.3, -0.25) is 9.89 Å². The van der Waals surface area contributed by atoms with Gasteiger partial charge in [-0.2, -0.15) is 4.98 Å². The van der Waals surface area contributed by atoms with Crippen LogP contribution in [0.3, 0.4) is 0 Å². The predicted octanol–water partition coefficient (Wildman–Crippen LogP) is 3.49. The molecule has 30 heavy (non-hydrogen) atoms. The van der Waals surface area contributed by atoms with Crippen LogP contribution in [-0.2, 0) is 13.0 Å². The van der Waals surface area contributed by atoms with E-state index in [0.29, 0.717) is 24.9 Å². The molecule has 1 aliphatic heterocycles. The summed E-state index contributed by atoms with van der Waals surface area (Å²) in [5.74, 6) is 2.55. The van der Waals surface area contributed by atoms with Gasteiger partial charge < -0.3 is 15.2 Å². The van der Waals surface area contributed by atoms with Gasteiger partial charge in [-0.05, 0) is 30.9 Å². The highest BCUT2D eigenvalue weighted by atomic mass is 127. The number of aromatic nitrogens is 2. The Labute approximate surface area is 197 Å². The molecule has 1 aromatic carbocycles. The summed E-state index contributed by atoms with van der Waals surface area (Å²) in [6.07, 6.45) is 2.93. The molecule has 0 aliphatic carbocycles. The molecule has 2 N–H and O–H groups in total. The molecule has 2 aromatic rings. The van der Waals surface area contributed by atoms with Gasteiger partial charge in [0.15, 0.2) is 11.8 Å². The highest BCUT2D eigenvalue weighted by Gasteiger charge is 2.20. The zero-order valence-corrected chi connectivity index (χ0v) is 20.8. The summed E-state index contributed by atoms with van der Waals surface area (Å²) >= 11 is 0. The van der Waals surface area contributed by atoms with Crippen LogP contribution in [-0.4, -0.2) is 53.7 Å². The zero-order chi connectivity index (χ0) is 20.6. The summed E-state index contributed by atoms with van der Waals surface area (Å²) < 4.78 is 5.29. The van der Waals surface area contributed by atoms with E-state index < -0.39 is 0 Å². The average molecular weight is 526 g/mol. The Morgan fingerprint density at radius 1 is 1.27 bits per heavy atom. The van der Waals surface area contributed by atoms with Crippen LogP contribution in [0, 0.1) is 6.92 Å². The molecule has 0 radical (unpaired) electrons. The van der Waals surface area contributed by atoms with Crippen LogP contribution in [0.25, 0.3) is 0 Å². The van der Waals surface area contributed by atoms with Crippen molar-refractivity contribution in [1.29, 1.82) is 0 Å². The molecule has 7 nitrogen and oxygen atoms in total. The van der Waals surface area contributed by atoms with Gasteiger partial charge in [-0.1, -0.05) is 43.3 Å². The smallest absolute Gasteiger partial charge is 0.228 e. The van der Waals surface area contributed by atoms with Crippen molar-refractivity contribution in [1.82, 2.24) is 25.7 Å². The van der Waals surface area contributed by atoms with E-state index >= 15 is 0 Å². The highest BCUT2D eigenvalue weighted by molar-refractivity contribution is 14.0. The molecule has 0 unspecified atom stereocenters. The maximum absolute atomic E-state index is 5.29. The molecule has 1 saturated heterocycles. The molecule has 0 saturated carbocycles. The second-order valence-electron chi connectivity index (χ2n) is 8.07. The number of hydrogen-bond donors (Lipinski definition) is 2. The Kier molecular flexibility index (Phi) is 10.0. The van der Waals surface area contributed by atoms with Crippen molar-refractivity contribution in [2.45, 2.75) is 58.5 Å². The molecule has 3 rings (SSSR count). The summed E-state index contributed by atoms with van der Waals surface area (Å²) in [5.41, 5.74) is 2.80. The molecule has 1 aromatic heterocycles. The summed E-state index contributed by atoms with van der Waals surface area (Å²) in [6.45, 7) is 10.3. The lowest BCUT2D eigenvalue weighted by atomic mass is 10.0. The Hall–Kier alpha value is -1.68. The molecule has 166 valence electrons. The highest BCUT2D eigenvalue weighted by Crippen LogP contribution is 2.16. The van der Waals surface area contributed by atoms with E-state index in [1.807, 2.05) is 7.05 Å². The second kappa shape index (κ2) is 12.2. The molecule has 0 bridgehead atoms. The van der Waals surface area contributed by atoms with Crippen molar-refractivity contribution in [3.63, 3.8) is 0 Å². The van der Waals surface area contributed by atoms with Crippen molar-refractivity contribution in [3.05, 3.63) is 47.1 Å². The van der Waals surface area contributed by atoms with E-state index in [1.165, 1.54) is 11.1 Å². The van der Waals surface area contributed by atoms with Gasteiger partial charge in [0.1, 0.15) is 0 Å². The number of aliphatic imine (C=N–C) groups is 1. The monoisotopic (exact) mass is 526 g/mol. The van der Waals surface area contributed by atoms with Gasteiger partial charge in [0.2, 0.25) is 5.89 Å². The van der Waals surface area contributed by atoms with E-state index in [9.17, 15) is 0 Å². The topological polar surface area (TPSA) is 78.6 Å². The Morgan fingerprint density at radius 2 is 2.00 bits per heavy atom. The number of halogens is 1. The van der Waals surface area contributed by atoms with Crippen molar-refractivity contribution >= 4 is 29.9 Å². The van der Waals surface area contributed by atoms with Gasteiger partial charge in [-0.25, -0.2) is 0 Å². The molecule has 1 fully saturated rings. The van der Waals surface area contributed by atoms with Gasteiger partial charge >= 0.3 is 0 Å². The number of hydrogen-bond acceptors (Lipinski definition) is 5. The number of guanidine groups is 1. The molecule has 8 heteroatoms. The predicted molar refractivity (Wildman–Crippen MR) is 131 cm³/mol. The fourth-order valence-corrected chi connectivity index (χ4v) is 3.54. The maximum Gasteiger partial charge on any atom is 0.228 e. The van der Waals surface area contributed by atoms with Crippen LogP contribution in [0.2, 0.25) is 0 Å². The Morgan fingerprint density at radius 3 is 2.63 bits per heavy atom. The standard InChI is InChI=1S/C22H34N6O.HI/c1-16(2)21-26-20(29-27-21)9-12-24-22(23-4)25-19-10-13-28(14-11-19)15-18-8-6-5-7-17(18)3;/h5-8,16,19H,9-15H2,1-4H3,(H2,23,24,25);1H. The Balaban J connectivity index is 0.00000320. The minimum atomic E-state index is 0. The molecule has 1 aliphatic rings. The van der Waals surface area contributed by atoms with Gasteiger partial charge in [0, 0.05) is 51.6 Å². The average Bonchev–Trinajstić information content (AvgIpc) is 3.19. The normalized spacial score (nSPS) is 15.8. The fourth-order valence-electron chi connectivity index (χ4n) is 3.54. The lowest BCUT2D eigenvalue weighted by molar-refractivity contribution is 0.198. The number of benzene rings is 1. The minimum Gasteiger partial charge on any atom is -0.356 e. The van der Waals surface area contributed by atoms with Gasteiger partial charge in [-0.15, -0.1) is 24.0 Å². The van der Waals surface area contributed by atoms with Crippen LogP contribution in [0.5, 0.6) is 0 Å². The number of nitrogens with one attached hydrogen (secondary N) is 2. The first-order valence-electron chi connectivity index (χ1n) is 10.6. The van der Waals surface area contributed by atoms with E-state index in [4.69, 9.17) is 4.52 Å². The summed E-state index contributed by atoms with van der Waals surface area (Å²) in [6, 6.07) is 9.11. The van der Waals surface area contributed by atoms with E-state index in [1.54, 1.807) is 0 Å². The van der Waals surface area contributed by atoms with Crippen molar-refractivity contribution in [2.24, 2.45) is 4.99 Å². The minimum absolute atomic E-state index is 0. The van der Waals surface area contributed by atoms with Crippen LogP contribution in [0.4, 0.5) is 0 Å². The first-order valence-corrected chi connectivity index (χ1v) is 10.6. The van der Waals surface area contributed by atoms with Crippen molar-refractivity contribution in [2.75, 3.05) is 26.7 Å². The third-order valence-corrected chi connectivity index (χ3v) is 5.44. The number of rotatable bonds is 7. The third kappa shape index (κ3) is 7.23. The summed E-state index contributed by atoms with van der Waals surface area (Å²) in [7, 11) is 1.81.